The second kappa shape index (κ2) is 3.88. The molecule has 0 amide bonds. The summed E-state index contributed by atoms with van der Waals surface area (Å²) in [5.41, 5.74) is 0.196. The second-order valence-corrected chi connectivity index (χ2v) is 4.51. The SMILES string of the molecule is CC(C(=O)c1ccccc1)S(=O)(=O)F. The van der Waals surface area contributed by atoms with Gasteiger partial charge >= 0.3 is 10.2 Å². The van der Waals surface area contributed by atoms with Crippen LogP contribution >= 0.6 is 0 Å². The van der Waals surface area contributed by atoms with Crippen LogP contribution in [0.5, 0.6) is 0 Å². The Balaban J connectivity index is 2.99. The second-order valence-electron chi connectivity index (χ2n) is 2.85. The van der Waals surface area contributed by atoms with Gasteiger partial charge in [-0.05, 0) is 6.92 Å². The van der Waals surface area contributed by atoms with Crippen molar-refractivity contribution >= 4 is 16.0 Å². The number of hydrogen-bond acceptors (Lipinski definition) is 3. The zero-order valence-corrected chi connectivity index (χ0v) is 8.29. The van der Waals surface area contributed by atoms with E-state index in [1.54, 1.807) is 18.2 Å². The van der Waals surface area contributed by atoms with Gasteiger partial charge in [0.2, 0.25) is 0 Å². The van der Waals surface area contributed by atoms with Gasteiger partial charge in [0.15, 0.2) is 11.0 Å². The average molecular weight is 216 g/mol. The van der Waals surface area contributed by atoms with Gasteiger partial charge < -0.3 is 0 Å². The summed E-state index contributed by atoms with van der Waals surface area (Å²) in [6.45, 7) is 1.03. The lowest BCUT2D eigenvalue weighted by atomic mass is 10.1. The Bertz CT molecular complexity index is 425. The van der Waals surface area contributed by atoms with Crippen LogP contribution in [0.1, 0.15) is 17.3 Å². The van der Waals surface area contributed by atoms with Crippen molar-refractivity contribution in [1.29, 1.82) is 0 Å². The first-order valence-corrected chi connectivity index (χ1v) is 5.40. The number of ketones is 1. The molecule has 3 nitrogen and oxygen atoms in total. The molecule has 1 atom stereocenters. The highest BCUT2D eigenvalue weighted by atomic mass is 32.3. The molecule has 0 radical (unpaired) electrons. The Kier molecular flexibility index (Phi) is 3.00. The van der Waals surface area contributed by atoms with E-state index in [1.807, 2.05) is 0 Å². The molecule has 76 valence electrons. The maximum Gasteiger partial charge on any atom is 0.312 e. The van der Waals surface area contributed by atoms with Crippen molar-refractivity contribution < 1.29 is 17.1 Å². The molecule has 14 heavy (non-hydrogen) atoms. The molecule has 1 aromatic rings. The molecule has 1 unspecified atom stereocenters. The molecule has 5 heteroatoms. The normalized spacial score (nSPS) is 13.6. The fraction of sp³-hybridized carbons (Fsp3) is 0.222. The zero-order valence-electron chi connectivity index (χ0n) is 7.48. The van der Waals surface area contributed by atoms with Crippen LogP contribution in [-0.2, 0) is 10.2 Å². The highest BCUT2D eigenvalue weighted by Crippen LogP contribution is 2.11. The van der Waals surface area contributed by atoms with Crippen molar-refractivity contribution in [3.8, 4) is 0 Å². The lowest BCUT2D eigenvalue weighted by Crippen LogP contribution is -2.24. The number of rotatable bonds is 3. The van der Waals surface area contributed by atoms with E-state index in [2.05, 4.69) is 0 Å². The fourth-order valence-electron chi connectivity index (χ4n) is 0.965. The molecule has 0 aliphatic rings. The van der Waals surface area contributed by atoms with Gasteiger partial charge in [-0.3, -0.25) is 4.79 Å². The van der Waals surface area contributed by atoms with Crippen molar-refractivity contribution in [2.24, 2.45) is 0 Å². The zero-order chi connectivity index (χ0) is 10.8. The van der Waals surface area contributed by atoms with E-state index in [-0.39, 0.29) is 5.56 Å². The fourth-order valence-corrected chi connectivity index (χ4v) is 1.36. The van der Waals surface area contributed by atoms with E-state index in [9.17, 15) is 17.1 Å². The summed E-state index contributed by atoms with van der Waals surface area (Å²) in [7, 11) is -4.80. The van der Waals surface area contributed by atoms with Gasteiger partial charge in [0, 0.05) is 5.56 Å². The van der Waals surface area contributed by atoms with Crippen molar-refractivity contribution in [1.82, 2.24) is 0 Å². The van der Waals surface area contributed by atoms with Gasteiger partial charge in [-0.1, -0.05) is 30.3 Å². The van der Waals surface area contributed by atoms with Crippen molar-refractivity contribution in [3.05, 3.63) is 35.9 Å². The minimum Gasteiger partial charge on any atom is -0.293 e. The van der Waals surface area contributed by atoms with Crippen LogP contribution < -0.4 is 0 Å². The molecule has 1 aromatic carbocycles. The standard InChI is InChI=1S/C9H9FO3S/c1-7(14(10,12)13)9(11)8-5-3-2-4-6-8/h2-7H,1H3. The summed E-state index contributed by atoms with van der Waals surface area (Å²) >= 11 is 0. The molecule has 0 fully saturated rings. The Morgan fingerprint density at radius 2 is 1.79 bits per heavy atom. The molecule has 0 aromatic heterocycles. The van der Waals surface area contributed by atoms with Crippen LogP contribution in [0.25, 0.3) is 0 Å². The van der Waals surface area contributed by atoms with Gasteiger partial charge in [0.1, 0.15) is 0 Å². The molecule has 0 spiro atoms. The molecule has 0 aliphatic heterocycles. The number of carbonyl (C=O) groups is 1. The molecule has 0 saturated carbocycles. The quantitative estimate of drug-likeness (QED) is 0.569. The van der Waals surface area contributed by atoms with Crippen LogP contribution in [0, 0.1) is 0 Å². The van der Waals surface area contributed by atoms with Crippen LogP contribution in [0.4, 0.5) is 3.89 Å². The highest BCUT2D eigenvalue weighted by molar-refractivity contribution is 7.87. The van der Waals surface area contributed by atoms with Gasteiger partial charge in [-0.2, -0.15) is 8.42 Å². The van der Waals surface area contributed by atoms with Crippen molar-refractivity contribution in [3.63, 3.8) is 0 Å². The lowest BCUT2D eigenvalue weighted by molar-refractivity contribution is 0.0990. The van der Waals surface area contributed by atoms with Crippen LogP contribution in [0.15, 0.2) is 30.3 Å². The summed E-state index contributed by atoms with van der Waals surface area (Å²) < 4.78 is 33.4. The number of carbonyl (C=O) groups excluding carboxylic acids is 1. The molecule has 1 rings (SSSR count). The van der Waals surface area contributed by atoms with E-state index < -0.39 is 21.3 Å². The minimum atomic E-state index is -4.80. The van der Waals surface area contributed by atoms with E-state index in [0.717, 1.165) is 6.92 Å². The molecule has 0 saturated heterocycles. The summed E-state index contributed by atoms with van der Waals surface area (Å²) in [5.74, 6) is -0.729. The summed E-state index contributed by atoms with van der Waals surface area (Å²) in [5, 5.41) is -1.63. The first-order valence-electron chi connectivity index (χ1n) is 3.95. The average Bonchev–Trinajstić information content (AvgIpc) is 2.15. The maximum atomic E-state index is 12.5. The molecular formula is C9H9FO3S. The van der Waals surface area contributed by atoms with Gasteiger partial charge in [0.05, 0.1) is 0 Å². The third-order valence-electron chi connectivity index (χ3n) is 1.85. The smallest absolute Gasteiger partial charge is 0.293 e. The molecule has 0 aliphatic carbocycles. The molecule has 0 bridgehead atoms. The predicted molar refractivity (Wildman–Crippen MR) is 50.3 cm³/mol. The summed E-state index contributed by atoms with van der Waals surface area (Å²) in [4.78, 5) is 11.4. The van der Waals surface area contributed by atoms with E-state index in [0.29, 0.717) is 0 Å². The predicted octanol–water partition coefficient (Wildman–Crippen LogP) is 1.56. The maximum absolute atomic E-state index is 12.5. The Labute approximate surface area is 81.8 Å². The molecular weight excluding hydrogens is 207 g/mol. The first kappa shape index (κ1) is 10.8. The number of Topliss-reactive ketones (excluding diaryl/α,β-unsaturated/α-hetero) is 1. The monoisotopic (exact) mass is 216 g/mol. The van der Waals surface area contributed by atoms with Gasteiger partial charge in [0.25, 0.3) is 0 Å². The third kappa shape index (κ3) is 2.38. The number of hydrogen-bond donors (Lipinski definition) is 0. The van der Waals surface area contributed by atoms with Gasteiger partial charge in [-0.25, -0.2) is 0 Å². The van der Waals surface area contributed by atoms with Crippen LogP contribution in [0.3, 0.4) is 0 Å². The van der Waals surface area contributed by atoms with Crippen molar-refractivity contribution in [2.45, 2.75) is 12.2 Å². The minimum absolute atomic E-state index is 0.196. The Morgan fingerprint density at radius 3 is 2.21 bits per heavy atom. The number of benzene rings is 1. The number of halogens is 1. The summed E-state index contributed by atoms with van der Waals surface area (Å²) in [6.07, 6.45) is 0. The molecule has 0 N–H and O–H groups in total. The van der Waals surface area contributed by atoms with Gasteiger partial charge in [-0.15, -0.1) is 3.89 Å². The van der Waals surface area contributed by atoms with E-state index >= 15 is 0 Å². The van der Waals surface area contributed by atoms with E-state index in [4.69, 9.17) is 0 Å². The van der Waals surface area contributed by atoms with Crippen LogP contribution in [0.2, 0.25) is 0 Å². The summed E-state index contributed by atoms with van der Waals surface area (Å²) in [6, 6.07) is 7.76. The third-order valence-corrected chi connectivity index (χ3v) is 2.91. The lowest BCUT2D eigenvalue weighted by Gasteiger charge is -2.04. The highest BCUT2D eigenvalue weighted by Gasteiger charge is 2.27. The van der Waals surface area contributed by atoms with E-state index in [1.165, 1.54) is 12.1 Å². The topological polar surface area (TPSA) is 51.2 Å². The van der Waals surface area contributed by atoms with Crippen molar-refractivity contribution in [2.75, 3.05) is 0 Å². The first-order chi connectivity index (χ1) is 6.43. The van der Waals surface area contributed by atoms with Crippen LogP contribution in [-0.4, -0.2) is 19.5 Å². The Morgan fingerprint density at radius 1 is 1.29 bits per heavy atom. The largest absolute Gasteiger partial charge is 0.312 e. The Hall–Kier alpha value is -1.23. The molecule has 0 heterocycles.